The monoisotopic (exact) mass is 343 g/mol. The number of halogens is 1. The molecule has 0 amide bonds. The van der Waals surface area contributed by atoms with Crippen LogP contribution in [0.15, 0.2) is 28.7 Å². The van der Waals surface area contributed by atoms with Crippen molar-refractivity contribution in [2.24, 2.45) is 5.92 Å². The summed E-state index contributed by atoms with van der Waals surface area (Å²) in [4.78, 5) is 0. The Morgan fingerprint density at radius 2 is 2.40 bits per heavy atom. The molecule has 20 heavy (non-hydrogen) atoms. The highest BCUT2D eigenvalue weighted by atomic mass is 79.9. The summed E-state index contributed by atoms with van der Waals surface area (Å²) in [6.45, 7) is 4.67. The van der Waals surface area contributed by atoms with Gasteiger partial charge < -0.3 is 19.9 Å². The summed E-state index contributed by atoms with van der Waals surface area (Å²) >= 11 is 3.39. The number of rotatable bonds is 7. The molecule has 1 aromatic rings. The van der Waals surface area contributed by atoms with Crippen LogP contribution in [0.1, 0.15) is 13.3 Å². The van der Waals surface area contributed by atoms with Crippen molar-refractivity contribution < 1.29 is 14.6 Å². The molecule has 0 radical (unpaired) electrons. The summed E-state index contributed by atoms with van der Waals surface area (Å²) in [7, 11) is 0. The van der Waals surface area contributed by atoms with E-state index in [0.717, 1.165) is 29.8 Å². The SMILES string of the molecule is CC1OCCC1CNCC(O)COc1cccc(Br)c1. The molecule has 3 unspecified atom stereocenters. The summed E-state index contributed by atoms with van der Waals surface area (Å²) < 4.78 is 12.0. The van der Waals surface area contributed by atoms with E-state index in [9.17, 15) is 5.11 Å². The van der Waals surface area contributed by atoms with E-state index in [1.54, 1.807) is 0 Å². The first-order valence-corrected chi connectivity index (χ1v) is 7.83. The second-order valence-corrected chi connectivity index (χ2v) is 6.12. The Labute approximate surface area is 128 Å². The lowest BCUT2D eigenvalue weighted by molar-refractivity contribution is 0.0946. The summed E-state index contributed by atoms with van der Waals surface area (Å²) in [5, 5.41) is 13.2. The van der Waals surface area contributed by atoms with Crippen LogP contribution in [0.4, 0.5) is 0 Å². The van der Waals surface area contributed by atoms with E-state index >= 15 is 0 Å². The lowest BCUT2D eigenvalue weighted by Gasteiger charge is -2.17. The molecule has 5 heteroatoms. The Kier molecular flexibility index (Phi) is 6.29. The Hall–Kier alpha value is -0.620. The molecular formula is C15H22BrNO3. The summed E-state index contributed by atoms with van der Waals surface area (Å²) in [6.07, 6.45) is 0.905. The molecule has 1 aliphatic heterocycles. The molecule has 1 heterocycles. The third kappa shape index (κ3) is 5.05. The van der Waals surface area contributed by atoms with E-state index in [0.29, 0.717) is 25.2 Å². The minimum Gasteiger partial charge on any atom is -0.491 e. The number of ether oxygens (including phenoxy) is 2. The molecule has 0 saturated carbocycles. The number of benzene rings is 1. The minimum atomic E-state index is -0.508. The standard InChI is InChI=1S/C15H22BrNO3/c1-11-12(5-6-19-11)8-17-9-14(18)10-20-15-4-2-3-13(16)7-15/h2-4,7,11-12,14,17-18H,5-6,8-10H2,1H3. The fourth-order valence-corrected chi connectivity index (χ4v) is 2.67. The lowest BCUT2D eigenvalue weighted by Crippen LogP contribution is -2.35. The Balaban J connectivity index is 1.61. The van der Waals surface area contributed by atoms with Crippen LogP contribution in [0, 0.1) is 5.92 Å². The largest absolute Gasteiger partial charge is 0.491 e. The van der Waals surface area contributed by atoms with Crippen molar-refractivity contribution in [3.63, 3.8) is 0 Å². The van der Waals surface area contributed by atoms with E-state index < -0.39 is 6.10 Å². The molecular weight excluding hydrogens is 322 g/mol. The van der Waals surface area contributed by atoms with Gasteiger partial charge in [0.2, 0.25) is 0 Å². The molecule has 112 valence electrons. The normalized spacial score (nSPS) is 23.8. The average Bonchev–Trinajstić information content (AvgIpc) is 2.82. The van der Waals surface area contributed by atoms with E-state index in [1.165, 1.54) is 0 Å². The number of nitrogens with one attached hydrogen (secondary N) is 1. The lowest BCUT2D eigenvalue weighted by atomic mass is 10.0. The van der Waals surface area contributed by atoms with Crippen LogP contribution in [0.2, 0.25) is 0 Å². The van der Waals surface area contributed by atoms with Crippen molar-refractivity contribution in [1.29, 1.82) is 0 Å². The van der Waals surface area contributed by atoms with Crippen LogP contribution < -0.4 is 10.1 Å². The van der Waals surface area contributed by atoms with Gasteiger partial charge in [-0.25, -0.2) is 0 Å². The maximum atomic E-state index is 9.89. The van der Waals surface area contributed by atoms with Gasteiger partial charge in [-0.1, -0.05) is 22.0 Å². The quantitative estimate of drug-likeness (QED) is 0.796. The number of hydrogen-bond acceptors (Lipinski definition) is 4. The Bertz CT molecular complexity index is 416. The van der Waals surface area contributed by atoms with Crippen molar-refractivity contribution in [2.45, 2.75) is 25.6 Å². The van der Waals surface area contributed by atoms with Crippen LogP contribution >= 0.6 is 15.9 Å². The van der Waals surface area contributed by atoms with Gasteiger partial charge in [0.25, 0.3) is 0 Å². The van der Waals surface area contributed by atoms with E-state index in [4.69, 9.17) is 9.47 Å². The molecule has 1 aromatic carbocycles. The fraction of sp³-hybridized carbons (Fsp3) is 0.600. The average molecular weight is 344 g/mol. The third-order valence-corrected chi connectivity index (χ3v) is 4.05. The van der Waals surface area contributed by atoms with Gasteiger partial charge in [0, 0.05) is 24.2 Å². The van der Waals surface area contributed by atoms with E-state index in [1.807, 2.05) is 24.3 Å². The second-order valence-electron chi connectivity index (χ2n) is 5.21. The van der Waals surface area contributed by atoms with Crippen LogP contribution in [0.5, 0.6) is 5.75 Å². The first-order chi connectivity index (χ1) is 9.65. The number of aliphatic hydroxyl groups is 1. The molecule has 0 bridgehead atoms. The maximum absolute atomic E-state index is 9.89. The van der Waals surface area contributed by atoms with Crippen molar-refractivity contribution >= 4 is 15.9 Å². The van der Waals surface area contributed by atoms with Crippen LogP contribution in [-0.4, -0.2) is 43.6 Å². The van der Waals surface area contributed by atoms with Gasteiger partial charge in [-0.3, -0.25) is 0 Å². The summed E-state index contributed by atoms with van der Waals surface area (Å²) in [5.41, 5.74) is 0. The van der Waals surface area contributed by atoms with Crippen molar-refractivity contribution in [2.75, 3.05) is 26.3 Å². The Morgan fingerprint density at radius 1 is 1.55 bits per heavy atom. The molecule has 4 nitrogen and oxygen atoms in total. The maximum Gasteiger partial charge on any atom is 0.120 e. The molecule has 1 aliphatic rings. The zero-order valence-electron chi connectivity index (χ0n) is 11.7. The highest BCUT2D eigenvalue weighted by Gasteiger charge is 2.23. The summed E-state index contributed by atoms with van der Waals surface area (Å²) in [6, 6.07) is 7.61. The minimum absolute atomic E-state index is 0.292. The van der Waals surface area contributed by atoms with Gasteiger partial charge in [-0.2, -0.15) is 0 Å². The smallest absolute Gasteiger partial charge is 0.120 e. The number of aliphatic hydroxyl groups excluding tert-OH is 1. The van der Waals surface area contributed by atoms with Crippen molar-refractivity contribution in [1.82, 2.24) is 5.32 Å². The van der Waals surface area contributed by atoms with E-state index in [-0.39, 0.29) is 0 Å². The zero-order chi connectivity index (χ0) is 14.4. The molecule has 1 saturated heterocycles. The summed E-state index contributed by atoms with van der Waals surface area (Å²) in [5.74, 6) is 1.31. The Morgan fingerprint density at radius 3 is 3.10 bits per heavy atom. The van der Waals surface area contributed by atoms with Crippen molar-refractivity contribution in [3.8, 4) is 5.75 Å². The van der Waals surface area contributed by atoms with Gasteiger partial charge in [0.15, 0.2) is 0 Å². The number of hydrogen-bond donors (Lipinski definition) is 2. The fourth-order valence-electron chi connectivity index (χ4n) is 2.29. The van der Waals surface area contributed by atoms with Crippen molar-refractivity contribution in [3.05, 3.63) is 28.7 Å². The molecule has 0 aromatic heterocycles. The van der Waals surface area contributed by atoms with Crippen LogP contribution in [0.25, 0.3) is 0 Å². The molecule has 2 rings (SSSR count). The first kappa shape index (κ1) is 15.8. The highest BCUT2D eigenvalue weighted by molar-refractivity contribution is 9.10. The molecule has 3 atom stereocenters. The predicted molar refractivity (Wildman–Crippen MR) is 82.0 cm³/mol. The van der Waals surface area contributed by atoms with Gasteiger partial charge in [-0.05, 0) is 37.5 Å². The van der Waals surface area contributed by atoms with Gasteiger partial charge >= 0.3 is 0 Å². The zero-order valence-corrected chi connectivity index (χ0v) is 13.3. The molecule has 0 aliphatic carbocycles. The highest BCUT2D eigenvalue weighted by Crippen LogP contribution is 2.19. The third-order valence-electron chi connectivity index (χ3n) is 3.56. The van der Waals surface area contributed by atoms with Crippen LogP contribution in [0.3, 0.4) is 0 Å². The predicted octanol–water partition coefficient (Wildman–Crippen LogP) is 2.20. The molecule has 0 spiro atoms. The second kappa shape index (κ2) is 7.98. The van der Waals surface area contributed by atoms with Gasteiger partial charge in [-0.15, -0.1) is 0 Å². The van der Waals surface area contributed by atoms with Gasteiger partial charge in [0.05, 0.1) is 6.10 Å². The van der Waals surface area contributed by atoms with Gasteiger partial charge in [0.1, 0.15) is 18.5 Å². The molecule has 2 N–H and O–H groups in total. The van der Waals surface area contributed by atoms with Crippen LogP contribution in [-0.2, 0) is 4.74 Å². The first-order valence-electron chi connectivity index (χ1n) is 7.04. The topological polar surface area (TPSA) is 50.7 Å². The molecule has 1 fully saturated rings. The van der Waals surface area contributed by atoms with E-state index in [2.05, 4.69) is 28.2 Å².